The zero-order chi connectivity index (χ0) is 12.8. The highest BCUT2D eigenvalue weighted by Crippen LogP contribution is 2.29. The topological polar surface area (TPSA) is 56.3 Å². The highest BCUT2D eigenvalue weighted by atomic mass is 19.1. The normalized spacial score (nSPS) is 13.1. The second-order valence-electron chi connectivity index (χ2n) is 4.17. The van der Waals surface area contributed by atoms with Crippen LogP contribution in [0, 0.1) is 0 Å². The molecule has 1 heterocycles. The first-order valence-electron chi connectivity index (χ1n) is 5.68. The molecule has 1 unspecified atom stereocenters. The van der Waals surface area contributed by atoms with Gasteiger partial charge in [0, 0.05) is 6.54 Å². The third-order valence-electron chi connectivity index (χ3n) is 2.54. The summed E-state index contributed by atoms with van der Waals surface area (Å²) in [6.07, 6.45) is 0.706. The second kappa shape index (κ2) is 6.56. The van der Waals surface area contributed by atoms with E-state index in [9.17, 15) is 4.39 Å². The van der Waals surface area contributed by atoms with Gasteiger partial charge in [-0.25, -0.2) is 4.39 Å². The van der Waals surface area contributed by atoms with E-state index in [4.69, 9.17) is 10.5 Å². The van der Waals surface area contributed by atoms with Crippen molar-refractivity contribution in [2.24, 2.45) is 5.73 Å². The Morgan fingerprint density at radius 2 is 2.29 bits per heavy atom. The van der Waals surface area contributed by atoms with Crippen molar-refractivity contribution in [3.8, 4) is 5.75 Å². The highest BCUT2D eigenvalue weighted by Gasteiger charge is 2.20. The van der Waals surface area contributed by atoms with Crippen molar-refractivity contribution in [3.63, 3.8) is 0 Å². The van der Waals surface area contributed by atoms with E-state index in [2.05, 4.69) is 5.10 Å². The maximum Gasteiger partial charge on any atom is 0.162 e. The number of methoxy groups -OCH3 is 1. The van der Waals surface area contributed by atoms with E-state index >= 15 is 0 Å². The lowest BCUT2D eigenvalue weighted by Gasteiger charge is -2.14. The molecule has 1 aromatic rings. The Bertz CT molecular complexity index is 340. The Kier molecular flexibility index (Phi) is 5.37. The molecule has 6 heteroatoms. The van der Waals surface area contributed by atoms with Crippen molar-refractivity contribution < 1.29 is 9.13 Å². The van der Waals surface area contributed by atoms with Crippen LogP contribution in [0.2, 0.25) is 0 Å². The molecular weight excluding hydrogens is 223 g/mol. The van der Waals surface area contributed by atoms with Gasteiger partial charge in [-0.3, -0.25) is 4.68 Å². The molecule has 0 saturated heterocycles. The van der Waals surface area contributed by atoms with Crippen molar-refractivity contribution in [2.45, 2.75) is 19.1 Å². The Labute approximate surface area is 101 Å². The fourth-order valence-corrected chi connectivity index (χ4v) is 1.61. The summed E-state index contributed by atoms with van der Waals surface area (Å²) in [5, 5.41) is 4.15. The lowest BCUT2D eigenvalue weighted by molar-refractivity contribution is 0.283. The van der Waals surface area contributed by atoms with E-state index in [1.807, 2.05) is 19.0 Å². The molecule has 0 aliphatic heterocycles. The van der Waals surface area contributed by atoms with Crippen LogP contribution in [-0.2, 0) is 6.54 Å². The van der Waals surface area contributed by atoms with Crippen LogP contribution in [0.1, 0.15) is 18.3 Å². The highest BCUT2D eigenvalue weighted by molar-refractivity contribution is 5.27. The Morgan fingerprint density at radius 1 is 1.59 bits per heavy atom. The maximum atomic E-state index is 14.0. The molecule has 5 nitrogen and oxygen atoms in total. The number of rotatable bonds is 7. The third kappa shape index (κ3) is 3.67. The Balaban J connectivity index is 2.85. The minimum Gasteiger partial charge on any atom is -0.493 e. The van der Waals surface area contributed by atoms with Crippen LogP contribution in [0.3, 0.4) is 0 Å². The standard InChI is InChI=1S/C11H21FN4O/c1-15(2)6-7-16-11(9(12)4-5-13)10(17-3)8-14-16/h8-9H,4-7,13H2,1-3H3. The largest absolute Gasteiger partial charge is 0.493 e. The van der Waals surface area contributed by atoms with E-state index in [-0.39, 0.29) is 6.42 Å². The summed E-state index contributed by atoms with van der Waals surface area (Å²) in [4.78, 5) is 2.02. The van der Waals surface area contributed by atoms with Crippen molar-refractivity contribution in [1.29, 1.82) is 0 Å². The number of hydrogen-bond donors (Lipinski definition) is 1. The molecule has 0 saturated carbocycles. The molecule has 1 atom stereocenters. The summed E-state index contributed by atoms with van der Waals surface area (Å²) in [7, 11) is 5.45. The maximum absolute atomic E-state index is 14.0. The second-order valence-corrected chi connectivity index (χ2v) is 4.17. The Hall–Kier alpha value is -1.14. The average molecular weight is 244 g/mol. The van der Waals surface area contributed by atoms with Crippen molar-refractivity contribution in [2.75, 3.05) is 34.3 Å². The molecule has 17 heavy (non-hydrogen) atoms. The van der Waals surface area contributed by atoms with Crippen LogP contribution >= 0.6 is 0 Å². The van der Waals surface area contributed by atoms with Gasteiger partial charge >= 0.3 is 0 Å². The molecule has 0 bridgehead atoms. The van der Waals surface area contributed by atoms with Crippen LogP contribution in [0.25, 0.3) is 0 Å². The lowest BCUT2D eigenvalue weighted by atomic mass is 10.2. The van der Waals surface area contributed by atoms with Crippen molar-refractivity contribution >= 4 is 0 Å². The van der Waals surface area contributed by atoms with Gasteiger partial charge in [0.15, 0.2) is 5.75 Å². The van der Waals surface area contributed by atoms with Gasteiger partial charge in [-0.15, -0.1) is 0 Å². The fourth-order valence-electron chi connectivity index (χ4n) is 1.61. The molecule has 0 aliphatic rings. The third-order valence-corrected chi connectivity index (χ3v) is 2.54. The molecule has 0 aliphatic carbocycles. The van der Waals surface area contributed by atoms with E-state index < -0.39 is 6.17 Å². The van der Waals surface area contributed by atoms with Crippen LogP contribution in [-0.4, -0.2) is 49.0 Å². The first kappa shape index (κ1) is 13.9. The molecule has 2 N–H and O–H groups in total. The average Bonchev–Trinajstić information content (AvgIpc) is 2.69. The van der Waals surface area contributed by atoms with Gasteiger partial charge in [0.05, 0.1) is 19.9 Å². The lowest BCUT2D eigenvalue weighted by Crippen LogP contribution is -2.21. The predicted molar refractivity (Wildman–Crippen MR) is 64.9 cm³/mol. The van der Waals surface area contributed by atoms with Crippen LogP contribution in [0.4, 0.5) is 4.39 Å². The summed E-state index contributed by atoms with van der Waals surface area (Å²) in [6.45, 7) is 1.74. The van der Waals surface area contributed by atoms with E-state index in [0.717, 1.165) is 6.54 Å². The molecule has 1 rings (SSSR count). The van der Waals surface area contributed by atoms with Gasteiger partial charge in [0.2, 0.25) is 0 Å². The number of halogens is 1. The number of nitrogens with zero attached hydrogens (tertiary/aromatic N) is 3. The summed E-state index contributed by atoms with van der Waals surface area (Å²) < 4.78 is 20.7. The van der Waals surface area contributed by atoms with E-state index in [1.165, 1.54) is 7.11 Å². The van der Waals surface area contributed by atoms with Crippen LogP contribution < -0.4 is 10.5 Å². The smallest absolute Gasteiger partial charge is 0.162 e. The number of ether oxygens (including phenoxy) is 1. The van der Waals surface area contributed by atoms with Crippen LogP contribution in [0.5, 0.6) is 5.75 Å². The monoisotopic (exact) mass is 244 g/mol. The molecule has 0 fully saturated rings. The van der Waals surface area contributed by atoms with Crippen molar-refractivity contribution in [1.82, 2.24) is 14.7 Å². The van der Waals surface area contributed by atoms with Crippen LogP contribution in [0.15, 0.2) is 6.20 Å². The number of nitrogens with two attached hydrogens (primary N) is 1. The molecule has 1 aromatic heterocycles. The Morgan fingerprint density at radius 3 is 2.82 bits per heavy atom. The SMILES string of the molecule is COc1cnn(CCN(C)C)c1C(F)CCN. The number of likely N-dealkylation sites (N-methyl/N-ethyl adjacent to an activating group) is 1. The van der Waals surface area contributed by atoms with E-state index in [1.54, 1.807) is 10.9 Å². The minimum atomic E-state index is -1.13. The van der Waals surface area contributed by atoms with Crippen molar-refractivity contribution in [3.05, 3.63) is 11.9 Å². The number of aromatic nitrogens is 2. The predicted octanol–water partition coefficient (Wildman–Crippen LogP) is 0.813. The summed E-state index contributed by atoms with van der Waals surface area (Å²) in [6, 6.07) is 0. The quantitative estimate of drug-likeness (QED) is 0.771. The fraction of sp³-hybridized carbons (Fsp3) is 0.727. The first-order valence-corrected chi connectivity index (χ1v) is 5.68. The number of alkyl halides is 1. The van der Waals surface area contributed by atoms with Gasteiger partial charge in [-0.05, 0) is 27.1 Å². The molecule has 0 aromatic carbocycles. The molecule has 0 spiro atoms. The summed E-state index contributed by atoms with van der Waals surface area (Å²) in [5.74, 6) is 0.490. The zero-order valence-electron chi connectivity index (χ0n) is 10.7. The van der Waals surface area contributed by atoms with Gasteiger partial charge in [0.25, 0.3) is 0 Å². The zero-order valence-corrected chi connectivity index (χ0v) is 10.7. The van der Waals surface area contributed by atoms with E-state index in [0.29, 0.717) is 24.5 Å². The molecular formula is C11H21FN4O. The minimum absolute atomic E-state index is 0.282. The van der Waals surface area contributed by atoms with Gasteiger partial charge in [-0.2, -0.15) is 5.10 Å². The van der Waals surface area contributed by atoms with Gasteiger partial charge in [0.1, 0.15) is 11.9 Å². The van der Waals surface area contributed by atoms with Gasteiger partial charge < -0.3 is 15.4 Å². The summed E-state index contributed by atoms with van der Waals surface area (Å²) in [5.41, 5.74) is 5.87. The first-order chi connectivity index (χ1) is 8.10. The molecule has 98 valence electrons. The molecule has 0 amide bonds. The molecule has 0 radical (unpaired) electrons. The summed E-state index contributed by atoms with van der Waals surface area (Å²) >= 11 is 0. The number of hydrogen-bond acceptors (Lipinski definition) is 4. The van der Waals surface area contributed by atoms with Gasteiger partial charge in [-0.1, -0.05) is 0 Å².